The van der Waals surface area contributed by atoms with Crippen molar-refractivity contribution in [2.75, 3.05) is 32.9 Å². The molecule has 1 aromatic rings. The molecule has 2 N–H and O–H groups in total. The van der Waals surface area contributed by atoms with Gasteiger partial charge in [-0.3, -0.25) is 9.69 Å². The van der Waals surface area contributed by atoms with Gasteiger partial charge in [0, 0.05) is 39.2 Å². The van der Waals surface area contributed by atoms with Crippen LogP contribution in [0.2, 0.25) is 0 Å². The first-order chi connectivity index (χ1) is 10.3. The maximum atomic E-state index is 11.6. The molecule has 0 aliphatic carbocycles. The van der Waals surface area contributed by atoms with Crippen molar-refractivity contribution >= 4 is 5.91 Å². The summed E-state index contributed by atoms with van der Waals surface area (Å²) in [5, 5.41) is 11.6. The largest absolute Gasteiger partial charge is 0.396 e. The molecule has 21 heavy (non-hydrogen) atoms. The third-order valence-electron chi connectivity index (χ3n) is 3.65. The van der Waals surface area contributed by atoms with Gasteiger partial charge in [0.25, 0.3) is 0 Å². The number of hydrogen-bond acceptors (Lipinski definition) is 4. The van der Waals surface area contributed by atoms with Crippen LogP contribution in [0.25, 0.3) is 0 Å². The molecule has 116 valence electrons. The molecule has 1 aromatic carbocycles. The summed E-state index contributed by atoms with van der Waals surface area (Å²) >= 11 is 0. The zero-order valence-corrected chi connectivity index (χ0v) is 12.4. The average molecular weight is 292 g/mol. The molecule has 1 heterocycles. The number of morpholine rings is 1. The molecule has 1 amide bonds. The maximum Gasteiger partial charge on any atom is 0.220 e. The third-order valence-corrected chi connectivity index (χ3v) is 3.65. The number of rotatable bonds is 7. The Hall–Kier alpha value is -1.43. The summed E-state index contributed by atoms with van der Waals surface area (Å²) in [4.78, 5) is 14.0. The van der Waals surface area contributed by atoms with E-state index in [0.717, 1.165) is 38.4 Å². The van der Waals surface area contributed by atoms with Gasteiger partial charge in [0.1, 0.15) is 0 Å². The highest BCUT2D eigenvalue weighted by Gasteiger charge is 2.12. The van der Waals surface area contributed by atoms with Gasteiger partial charge in [-0.05, 0) is 17.5 Å². The van der Waals surface area contributed by atoms with Crippen molar-refractivity contribution in [3.05, 3.63) is 35.4 Å². The van der Waals surface area contributed by atoms with Crippen molar-refractivity contribution in [3.8, 4) is 0 Å². The number of amides is 1. The highest BCUT2D eigenvalue weighted by Crippen LogP contribution is 2.13. The number of carbonyl (C=O) groups is 1. The summed E-state index contributed by atoms with van der Waals surface area (Å²) in [6, 6.07) is 8.21. The van der Waals surface area contributed by atoms with E-state index in [1.165, 1.54) is 5.56 Å². The second-order valence-electron chi connectivity index (χ2n) is 5.26. The average Bonchev–Trinajstić information content (AvgIpc) is 2.53. The summed E-state index contributed by atoms with van der Waals surface area (Å²) in [5.74, 6) is -0.00905. The lowest BCUT2D eigenvalue weighted by molar-refractivity contribution is -0.121. The molecule has 0 radical (unpaired) electrons. The van der Waals surface area contributed by atoms with Gasteiger partial charge in [-0.2, -0.15) is 0 Å². The normalized spacial score (nSPS) is 15.9. The molecule has 0 bridgehead atoms. The zero-order chi connectivity index (χ0) is 14.9. The number of nitrogens with one attached hydrogen (secondary N) is 1. The van der Waals surface area contributed by atoms with Crippen LogP contribution in [0.15, 0.2) is 24.3 Å². The van der Waals surface area contributed by atoms with Gasteiger partial charge in [-0.1, -0.05) is 24.3 Å². The quantitative estimate of drug-likeness (QED) is 0.784. The Morgan fingerprint density at radius 2 is 1.95 bits per heavy atom. The van der Waals surface area contributed by atoms with Crippen LogP contribution >= 0.6 is 0 Å². The number of carbonyl (C=O) groups excluding carboxylic acids is 1. The number of aliphatic hydroxyl groups is 1. The summed E-state index contributed by atoms with van der Waals surface area (Å²) in [7, 11) is 0. The van der Waals surface area contributed by atoms with E-state index in [1.807, 2.05) is 12.1 Å². The van der Waals surface area contributed by atoms with Crippen molar-refractivity contribution < 1.29 is 14.6 Å². The van der Waals surface area contributed by atoms with E-state index in [0.29, 0.717) is 19.4 Å². The molecule has 1 aliphatic heterocycles. The monoisotopic (exact) mass is 292 g/mol. The van der Waals surface area contributed by atoms with E-state index in [-0.39, 0.29) is 12.5 Å². The van der Waals surface area contributed by atoms with Crippen LogP contribution in [0, 0.1) is 0 Å². The van der Waals surface area contributed by atoms with Crippen LogP contribution in [0.4, 0.5) is 0 Å². The Morgan fingerprint density at radius 3 is 2.67 bits per heavy atom. The fraction of sp³-hybridized carbons (Fsp3) is 0.562. The lowest BCUT2D eigenvalue weighted by Crippen LogP contribution is -2.36. The second kappa shape index (κ2) is 8.77. The Morgan fingerprint density at radius 1 is 1.24 bits per heavy atom. The lowest BCUT2D eigenvalue weighted by Gasteiger charge is -2.27. The summed E-state index contributed by atoms with van der Waals surface area (Å²) < 4.78 is 5.37. The van der Waals surface area contributed by atoms with Crippen LogP contribution in [0.1, 0.15) is 24.0 Å². The van der Waals surface area contributed by atoms with Crippen LogP contribution in [0.3, 0.4) is 0 Å². The molecule has 0 spiro atoms. The molecule has 5 nitrogen and oxygen atoms in total. The second-order valence-corrected chi connectivity index (χ2v) is 5.26. The first-order valence-corrected chi connectivity index (χ1v) is 7.54. The zero-order valence-electron chi connectivity index (χ0n) is 12.4. The molecule has 0 atom stereocenters. The van der Waals surface area contributed by atoms with Crippen LogP contribution in [-0.4, -0.2) is 48.8 Å². The molecule has 1 saturated heterocycles. The molecule has 0 saturated carbocycles. The highest BCUT2D eigenvalue weighted by molar-refractivity contribution is 5.75. The van der Waals surface area contributed by atoms with E-state index >= 15 is 0 Å². The number of aliphatic hydroxyl groups excluding tert-OH is 1. The summed E-state index contributed by atoms with van der Waals surface area (Å²) in [6.45, 7) is 4.99. The van der Waals surface area contributed by atoms with Gasteiger partial charge in [-0.15, -0.1) is 0 Å². The van der Waals surface area contributed by atoms with Crippen molar-refractivity contribution in [2.45, 2.75) is 25.9 Å². The number of benzene rings is 1. The van der Waals surface area contributed by atoms with Crippen molar-refractivity contribution in [3.63, 3.8) is 0 Å². The molecule has 5 heteroatoms. The minimum absolute atomic E-state index is 0.00905. The van der Waals surface area contributed by atoms with Crippen LogP contribution in [-0.2, 0) is 22.6 Å². The first-order valence-electron chi connectivity index (χ1n) is 7.54. The topological polar surface area (TPSA) is 61.8 Å². The molecule has 2 rings (SSSR count). The Kier molecular flexibility index (Phi) is 6.66. The van der Waals surface area contributed by atoms with E-state index < -0.39 is 0 Å². The van der Waals surface area contributed by atoms with Gasteiger partial charge in [-0.25, -0.2) is 0 Å². The maximum absolute atomic E-state index is 11.6. The molecule has 0 unspecified atom stereocenters. The van der Waals surface area contributed by atoms with Gasteiger partial charge in [0.15, 0.2) is 0 Å². The van der Waals surface area contributed by atoms with Crippen molar-refractivity contribution in [1.29, 1.82) is 0 Å². The van der Waals surface area contributed by atoms with E-state index in [1.54, 1.807) is 0 Å². The summed E-state index contributed by atoms with van der Waals surface area (Å²) in [6.07, 6.45) is 0.892. The molecular formula is C16H24N2O3. The fourth-order valence-corrected chi connectivity index (χ4v) is 2.41. The SMILES string of the molecule is O=C(CCCO)NCc1ccccc1CN1CCOCC1. The van der Waals surface area contributed by atoms with E-state index in [2.05, 4.69) is 22.3 Å². The van der Waals surface area contributed by atoms with Gasteiger partial charge >= 0.3 is 0 Å². The number of nitrogens with zero attached hydrogens (tertiary/aromatic N) is 1. The minimum atomic E-state index is -0.00905. The number of hydrogen-bond donors (Lipinski definition) is 2. The summed E-state index contributed by atoms with van der Waals surface area (Å²) in [5.41, 5.74) is 2.41. The third kappa shape index (κ3) is 5.46. The molecule has 0 aromatic heterocycles. The smallest absolute Gasteiger partial charge is 0.220 e. The Labute approximate surface area is 125 Å². The Bertz CT molecular complexity index is 445. The first kappa shape index (κ1) is 15.9. The minimum Gasteiger partial charge on any atom is -0.396 e. The lowest BCUT2D eigenvalue weighted by atomic mass is 10.1. The highest BCUT2D eigenvalue weighted by atomic mass is 16.5. The van der Waals surface area contributed by atoms with Crippen molar-refractivity contribution in [1.82, 2.24) is 10.2 Å². The van der Waals surface area contributed by atoms with Crippen LogP contribution < -0.4 is 5.32 Å². The van der Waals surface area contributed by atoms with Crippen molar-refractivity contribution in [2.24, 2.45) is 0 Å². The van der Waals surface area contributed by atoms with Crippen LogP contribution in [0.5, 0.6) is 0 Å². The number of ether oxygens (including phenoxy) is 1. The molecule has 1 aliphatic rings. The van der Waals surface area contributed by atoms with Gasteiger partial charge < -0.3 is 15.2 Å². The molecule has 1 fully saturated rings. The standard InChI is InChI=1S/C16H24N2O3/c19-9-3-6-16(20)17-12-14-4-1-2-5-15(14)13-18-7-10-21-11-8-18/h1-2,4-5,19H,3,6-13H2,(H,17,20). The predicted octanol–water partition coefficient (Wildman–Crippen LogP) is 0.907. The van der Waals surface area contributed by atoms with Gasteiger partial charge in [0.2, 0.25) is 5.91 Å². The predicted molar refractivity (Wildman–Crippen MR) is 80.7 cm³/mol. The van der Waals surface area contributed by atoms with E-state index in [4.69, 9.17) is 9.84 Å². The van der Waals surface area contributed by atoms with Gasteiger partial charge in [0.05, 0.1) is 13.2 Å². The Balaban J connectivity index is 1.88. The molecular weight excluding hydrogens is 268 g/mol. The fourth-order valence-electron chi connectivity index (χ4n) is 2.41. The van der Waals surface area contributed by atoms with E-state index in [9.17, 15) is 4.79 Å².